The molecule has 0 unspecified atom stereocenters. The number of aryl methyl sites for hydroxylation is 2. The highest BCUT2D eigenvalue weighted by atomic mass is 16.5. The molecule has 0 aromatic heterocycles. The van der Waals surface area contributed by atoms with Crippen molar-refractivity contribution in [1.29, 1.82) is 0 Å². The summed E-state index contributed by atoms with van der Waals surface area (Å²) in [5, 5.41) is 0. The lowest BCUT2D eigenvalue weighted by Crippen LogP contribution is -2.32. The Bertz CT molecular complexity index is 405. The van der Waals surface area contributed by atoms with E-state index < -0.39 is 0 Å². The number of nitrogens with two attached hydrogens (primary N) is 1. The maximum absolute atomic E-state index is 11.4. The van der Waals surface area contributed by atoms with E-state index in [-0.39, 0.29) is 11.5 Å². The molecule has 0 atom stereocenters. The van der Waals surface area contributed by atoms with E-state index in [4.69, 9.17) is 10.5 Å². The summed E-state index contributed by atoms with van der Waals surface area (Å²) in [7, 11) is 1.40. The molecular weight excluding hydrogens is 214 g/mol. The lowest BCUT2D eigenvalue weighted by atomic mass is 9.95. The first-order chi connectivity index (χ1) is 7.83. The average Bonchev–Trinajstić information content (AvgIpc) is 2.24. The minimum atomic E-state index is -0.284. The summed E-state index contributed by atoms with van der Waals surface area (Å²) in [6.07, 6.45) is 1.84. The van der Waals surface area contributed by atoms with E-state index in [1.807, 2.05) is 39.0 Å². The van der Waals surface area contributed by atoms with E-state index in [1.54, 1.807) is 0 Å². The summed E-state index contributed by atoms with van der Waals surface area (Å²) in [4.78, 5) is 11.4. The molecule has 2 N–H and O–H groups in total. The lowest BCUT2D eigenvalue weighted by Gasteiger charge is -2.18. The molecule has 0 aliphatic carbocycles. The number of ether oxygens (including phenoxy) is 1. The normalized spacial score (nSPS) is 11.4. The first-order valence-corrected chi connectivity index (χ1v) is 5.80. The largest absolute Gasteiger partial charge is 0.465 e. The number of carbonyl (C=O) groups excluding carboxylic acids is 1. The Morgan fingerprint density at radius 1 is 1.41 bits per heavy atom. The third-order valence-corrected chi connectivity index (χ3v) is 2.75. The topological polar surface area (TPSA) is 52.3 Å². The predicted octanol–water partition coefficient (Wildman–Crippen LogP) is 2.45. The van der Waals surface area contributed by atoms with Gasteiger partial charge in [-0.25, -0.2) is 4.79 Å². The van der Waals surface area contributed by atoms with Gasteiger partial charge in [-0.15, -0.1) is 0 Å². The van der Waals surface area contributed by atoms with Crippen LogP contribution in [0.5, 0.6) is 0 Å². The van der Waals surface area contributed by atoms with Crippen molar-refractivity contribution in [3.05, 3.63) is 34.9 Å². The Balaban J connectivity index is 2.79. The van der Waals surface area contributed by atoms with Crippen LogP contribution in [0, 0.1) is 6.92 Å². The molecule has 17 heavy (non-hydrogen) atoms. The molecule has 0 saturated heterocycles. The molecule has 0 fully saturated rings. The van der Waals surface area contributed by atoms with Gasteiger partial charge in [0.1, 0.15) is 0 Å². The lowest BCUT2D eigenvalue weighted by molar-refractivity contribution is 0.0600. The molecule has 0 spiro atoms. The molecule has 0 saturated carbocycles. The summed E-state index contributed by atoms with van der Waals surface area (Å²) in [5.41, 5.74) is 8.57. The van der Waals surface area contributed by atoms with E-state index in [0.29, 0.717) is 5.56 Å². The van der Waals surface area contributed by atoms with E-state index in [9.17, 15) is 4.79 Å². The van der Waals surface area contributed by atoms with Crippen molar-refractivity contribution >= 4 is 5.97 Å². The van der Waals surface area contributed by atoms with Gasteiger partial charge >= 0.3 is 5.97 Å². The summed E-state index contributed by atoms with van der Waals surface area (Å²) in [6, 6.07) is 5.81. The molecule has 94 valence electrons. The van der Waals surface area contributed by atoms with Gasteiger partial charge in [-0.3, -0.25) is 0 Å². The van der Waals surface area contributed by atoms with Crippen LogP contribution in [0.1, 0.15) is 41.8 Å². The van der Waals surface area contributed by atoms with Gasteiger partial charge in [0.2, 0.25) is 0 Å². The Labute approximate surface area is 103 Å². The van der Waals surface area contributed by atoms with Crippen molar-refractivity contribution in [2.45, 2.75) is 39.2 Å². The predicted molar refractivity (Wildman–Crippen MR) is 69.1 cm³/mol. The minimum absolute atomic E-state index is 0.158. The number of carbonyl (C=O) groups is 1. The monoisotopic (exact) mass is 235 g/mol. The zero-order chi connectivity index (χ0) is 13.1. The van der Waals surface area contributed by atoms with E-state index >= 15 is 0 Å². The van der Waals surface area contributed by atoms with Gasteiger partial charge in [-0.1, -0.05) is 12.1 Å². The SMILES string of the molecule is COC(=O)c1ccc(CCC(C)(C)N)cc1C. The molecule has 0 radical (unpaired) electrons. The summed E-state index contributed by atoms with van der Waals surface area (Å²) in [5.74, 6) is -0.284. The smallest absolute Gasteiger partial charge is 0.338 e. The molecule has 0 aliphatic heterocycles. The van der Waals surface area contributed by atoms with Crippen LogP contribution in [-0.2, 0) is 11.2 Å². The number of esters is 1. The highest BCUT2D eigenvalue weighted by molar-refractivity contribution is 5.90. The zero-order valence-electron chi connectivity index (χ0n) is 11.0. The fourth-order valence-corrected chi connectivity index (χ4v) is 1.69. The van der Waals surface area contributed by atoms with Gasteiger partial charge in [0.25, 0.3) is 0 Å². The fraction of sp³-hybridized carbons (Fsp3) is 0.500. The van der Waals surface area contributed by atoms with Gasteiger partial charge in [0.15, 0.2) is 0 Å². The molecule has 0 amide bonds. The zero-order valence-corrected chi connectivity index (χ0v) is 11.0. The fourth-order valence-electron chi connectivity index (χ4n) is 1.69. The Hall–Kier alpha value is -1.35. The van der Waals surface area contributed by atoms with E-state index in [1.165, 1.54) is 12.7 Å². The highest BCUT2D eigenvalue weighted by Gasteiger charge is 2.12. The van der Waals surface area contributed by atoms with Crippen molar-refractivity contribution < 1.29 is 9.53 Å². The van der Waals surface area contributed by atoms with Crippen molar-refractivity contribution in [1.82, 2.24) is 0 Å². The van der Waals surface area contributed by atoms with Gasteiger partial charge < -0.3 is 10.5 Å². The number of methoxy groups -OCH3 is 1. The molecule has 3 nitrogen and oxygen atoms in total. The standard InChI is InChI=1S/C14H21NO2/c1-10-9-11(7-8-14(2,3)15)5-6-12(10)13(16)17-4/h5-6,9H,7-8,15H2,1-4H3. The first kappa shape index (κ1) is 13.7. The van der Waals surface area contributed by atoms with E-state index in [0.717, 1.165) is 18.4 Å². The Kier molecular flexibility index (Phi) is 4.29. The third kappa shape index (κ3) is 4.19. The van der Waals surface area contributed by atoms with Crippen molar-refractivity contribution in [3.63, 3.8) is 0 Å². The second-order valence-corrected chi connectivity index (χ2v) is 5.13. The van der Waals surface area contributed by atoms with Crippen molar-refractivity contribution in [2.75, 3.05) is 7.11 Å². The summed E-state index contributed by atoms with van der Waals surface area (Å²) >= 11 is 0. The second-order valence-electron chi connectivity index (χ2n) is 5.13. The molecular formula is C14H21NO2. The molecule has 3 heteroatoms. The van der Waals surface area contributed by atoms with Crippen LogP contribution in [-0.4, -0.2) is 18.6 Å². The second kappa shape index (κ2) is 5.32. The van der Waals surface area contributed by atoms with Gasteiger partial charge in [-0.05, 0) is 50.8 Å². The minimum Gasteiger partial charge on any atom is -0.465 e. The quantitative estimate of drug-likeness (QED) is 0.815. The molecule has 0 heterocycles. The van der Waals surface area contributed by atoms with Crippen LogP contribution in [0.15, 0.2) is 18.2 Å². The number of rotatable bonds is 4. The molecule has 1 aromatic carbocycles. The van der Waals surface area contributed by atoms with Crippen molar-refractivity contribution in [3.8, 4) is 0 Å². The number of hydrogen-bond acceptors (Lipinski definition) is 3. The first-order valence-electron chi connectivity index (χ1n) is 5.80. The number of benzene rings is 1. The van der Waals surface area contributed by atoms with Crippen LogP contribution in [0.3, 0.4) is 0 Å². The Morgan fingerprint density at radius 3 is 2.53 bits per heavy atom. The van der Waals surface area contributed by atoms with Crippen LogP contribution in [0.25, 0.3) is 0 Å². The third-order valence-electron chi connectivity index (χ3n) is 2.75. The van der Waals surface area contributed by atoms with Crippen LogP contribution in [0.4, 0.5) is 0 Å². The van der Waals surface area contributed by atoms with Gasteiger partial charge in [0.05, 0.1) is 12.7 Å². The van der Waals surface area contributed by atoms with Crippen molar-refractivity contribution in [2.24, 2.45) is 5.73 Å². The summed E-state index contributed by atoms with van der Waals surface area (Å²) < 4.78 is 4.71. The molecule has 0 bridgehead atoms. The number of hydrogen-bond donors (Lipinski definition) is 1. The Morgan fingerprint density at radius 2 is 2.06 bits per heavy atom. The maximum Gasteiger partial charge on any atom is 0.338 e. The molecule has 1 aromatic rings. The van der Waals surface area contributed by atoms with Crippen LogP contribution < -0.4 is 5.73 Å². The van der Waals surface area contributed by atoms with Crippen LogP contribution in [0.2, 0.25) is 0 Å². The molecule has 1 rings (SSSR count). The molecule has 0 aliphatic rings. The van der Waals surface area contributed by atoms with E-state index in [2.05, 4.69) is 0 Å². The van der Waals surface area contributed by atoms with Crippen LogP contribution >= 0.6 is 0 Å². The average molecular weight is 235 g/mol. The highest BCUT2D eigenvalue weighted by Crippen LogP contribution is 2.16. The van der Waals surface area contributed by atoms with Gasteiger partial charge in [0, 0.05) is 5.54 Å². The maximum atomic E-state index is 11.4. The summed E-state index contributed by atoms with van der Waals surface area (Å²) in [6.45, 7) is 5.95. The van der Waals surface area contributed by atoms with Gasteiger partial charge in [-0.2, -0.15) is 0 Å².